The highest BCUT2D eigenvalue weighted by atomic mass is 35.5. The first kappa shape index (κ1) is 15.3. The van der Waals surface area contributed by atoms with Gasteiger partial charge in [-0.1, -0.05) is 41.9 Å². The average Bonchev–Trinajstić information content (AvgIpc) is 2.96. The molecule has 4 nitrogen and oxygen atoms in total. The third-order valence-electron chi connectivity index (χ3n) is 3.38. The summed E-state index contributed by atoms with van der Waals surface area (Å²) in [5.74, 6) is 0.104. The first-order valence-corrected chi connectivity index (χ1v) is 7.52. The Labute approximate surface area is 139 Å². The van der Waals surface area contributed by atoms with Gasteiger partial charge in [0, 0.05) is 10.6 Å². The van der Waals surface area contributed by atoms with Crippen LogP contribution in [-0.4, -0.2) is 15.8 Å². The van der Waals surface area contributed by atoms with Crippen LogP contribution in [0.2, 0.25) is 5.02 Å². The summed E-state index contributed by atoms with van der Waals surface area (Å²) in [6.45, 7) is 2.32. The van der Waals surface area contributed by atoms with Crippen LogP contribution in [0.1, 0.15) is 18.2 Å². The molecule has 0 aliphatic heterocycles. The number of aromatic hydroxyl groups is 1. The van der Waals surface area contributed by atoms with Crippen LogP contribution < -0.4 is 0 Å². The Morgan fingerprint density at radius 2 is 1.83 bits per heavy atom. The van der Waals surface area contributed by atoms with Crippen LogP contribution in [0.25, 0.3) is 11.5 Å². The summed E-state index contributed by atoms with van der Waals surface area (Å²) in [6, 6.07) is 16.9. The van der Waals surface area contributed by atoms with Crippen LogP contribution in [0.3, 0.4) is 0 Å². The number of aliphatic imine (C=N–C) groups is 1. The fraction of sp³-hybridized carbons (Fsp3) is 0.111. The quantitative estimate of drug-likeness (QED) is 0.706. The molecule has 0 bridgehead atoms. The molecule has 2 aromatic carbocycles. The van der Waals surface area contributed by atoms with E-state index in [-0.39, 0.29) is 5.95 Å². The molecule has 0 atom stereocenters. The van der Waals surface area contributed by atoms with Gasteiger partial charge in [0.1, 0.15) is 0 Å². The zero-order chi connectivity index (χ0) is 16.2. The molecule has 0 aliphatic carbocycles. The van der Waals surface area contributed by atoms with Crippen LogP contribution in [0.5, 0.6) is 5.95 Å². The van der Waals surface area contributed by atoms with E-state index in [1.54, 1.807) is 31.2 Å². The van der Waals surface area contributed by atoms with E-state index < -0.39 is 0 Å². The molecule has 3 aromatic rings. The molecular formula is C18H15ClN2O2. The van der Waals surface area contributed by atoms with Crippen molar-refractivity contribution in [1.29, 1.82) is 0 Å². The standard InChI is InChI=1S/C18H15ClN2O2/c1-12(20-11-13-5-3-2-4-6-13)16-18(22)23-17(21-16)14-7-9-15(19)10-8-14/h2-10,22H,11H2,1H3. The van der Waals surface area contributed by atoms with E-state index in [2.05, 4.69) is 9.98 Å². The summed E-state index contributed by atoms with van der Waals surface area (Å²) < 4.78 is 5.33. The second-order valence-corrected chi connectivity index (χ2v) is 5.50. The van der Waals surface area contributed by atoms with Crippen molar-refractivity contribution < 1.29 is 9.52 Å². The van der Waals surface area contributed by atoms with E-state index >= 15 is 0 Å². The average molecular weight is 327 g/mol. The molecule has 0 saturated heterocycles. The Morgan fingerprint density at radius 1 is 1.13 bits per heavy atom. The van der Waals surface area contributed by atoms with Gasteiger partial charge in [-0.3, -0.25) is 4.99 Å². The minimum atomic E-state index is -0.232. The van der Waals surface area contributed by atoms with Crippen molar-refractivity contribution in [3.05, 3.63) is 70.9 Å². The molecule has 1 aromatic heterocycles. The second-order valence-electron chi connectivity index (χ2n) is 5.07. The lowest BCUT2D eigenvalue weighted by atomic mass is 10.2. The predicted molar refractivity (Wildman–Crippen MR) is 91.0 cm³/mol. The first-order chi connectivity index (χ1) is 11.1. The molecule has 23 heavy (non-hydrogen) atoms. The van der Waals surface area contributed by atoms with Gasteiger partial charge < -0.3 is 9.52 Å². The minimum absolute atomic E-state index is 0.232. The van der Waals surface area contributed by atoms with Crippen LogP contribution in [0.4, 0.5) is 0 Å². The number of rotatable bonds is 4. The van der Waals surface area contributed by atoms with Crippen molar-refractivity contribution in [2.45, 2.75) is 13.5 Å². The van der Waals surface area contributed by atoms with Gasteiger partial charge in [0.05, 0.1) is 12.3 Å². The van der Waals surface area contributed by atoms with Gasteiger partial charge in [-0.2, -0.15) is 0 Å². The van der Waals surface area contributed by atoms with Crippen molar-refractivity contribution in [3.8, 4) is 17.4 Å². The van der Waals surface area contributed by atoms with Gasteiger partial charge in [-0.05, 0) is 36.8 Å². The summed E-state index contributed by atoms with van der Waals surface area (Å²) in [5.41, 5.74) is 2.81. The summed E-state index contributed by atoms with van der Waals surface area (Å²) in [7, 11) is 0. The molecule has 0 unspecified atom stereocenters. The van der Waals surface area contributed by atoms with E-state index in [9.17, 15) is 5.11 Å². The van der Waals surface area contributed by atoms with E-state index in [0.717, 1.165) is 11.1 Å². The first-order valence-electron chi connectivity index (χ1n) is 7.14. The van der Waals surface area contributed by atoms with Crippen LogP contribution in [0, 0.1) is 0 Å². The van der Waals surface area contributed by atoms with E-state index in [1.165, 1.54) is 0 Å². The Bertz CT molecular complexity index is 824. The van der Waals surface area contributed by atoms with Gasteiger partial charge >= 0.3 is 5.95 Å². The molecule has 5 heteroatoms. The van der Waals surface area contributed by atoms with E-state index in [1.807, 2.05) is 30.3 Å². The molecule has 0 saturated carbocycles. The highest BCUT2D eigenvalue weighted by Gasteiger charge is 2.16. The molecule has 116 valence electrons. The molecule has 0 spiro atoms. The lowest BCUT2D eigenvalue weighted by molar-refractivity contribution is 0.336. The summed E-state index contributed by atoms with van der Waals surface area (Å²) in [4.78, 5) is 8.79. The normalized spacial score (nSPS) is 11.7. The number of oxazole rings is 1. The Kier molecular flexibility index (Phi) is 4.44. The highest BCUT2D eigenvalue weighted by Crippen LogP contribution is 2.27. The van der Waals surface area contributed by atoms with Gasteiger partial charge in [0.2, 0.25) is 5.89 Å². The van der Waals surface area contributed by atoms with Gasteiger partial charge in [0.15, 0.2) is 5.69 Å². The summed E-state index contributed by atoms with van der Waals surface area (Å²) in [6.07, 6.45) is 0. The lowest BCUT2D eigenvalue weighted by Gasteiger charge is -1.98. The molecule has 0 amide bonds. The Hall–Kier alpha value is -2.59. The van der Waals surface area contributed by atoms with Gasteiger partial charge in [0.25, 0.3) is 0 Å². The Morgan fingerprint density at radius 3 is 2.52 bits per heavy atom. The third kappa shape index (κ3) is 3.60. The second kappa shape index (κ2) is 6.67. The molecule has 1 N–H and O–H groups in total. The fourth-order valence-electron chi connectivity index (χ4n) is 2.13. The molecule has 0 radical (unpaired) electrons. The third-order valence-corrected chi connectivity index (χ3v) is 3.64. The summed E-state index contributed by atoms with van der Waals surface area (Å²) >= 11 is 5.87. The number of hydrogen-bond acceptors (Lipinski definition) is 4. The van der Waals surface area contributed by atoms with Crippen LogP contribution >= 0.6 is 11.6 Å². The highest BCUT2D eigenvalue weighted by molar-refractivity contribution is 6.30. The van der Waals surface area contributed by atoms with Gasteiger partial charge in [-0.15, -0.1) is 0 Å². The van der Waals surface area contributed by atoms with Crippen molar-refractivity contribution in [2.24, 2.45) is 4.99 Å². The molecule has 1 heterocycles. The smallest absolute Gasteiger partial charge is 0.312 e. The van der Waals surface area contributed by atoms with Crippen molar-refractivity contribution >= 4 is 17.3 Å². The zero-order valence-corrected chi connectivity index (χ0v) is 13.3. The van der Waals surface area contributed by atoms with Crippen molar-refractivity contribution in [2.75, 3.05) is 0 Å². The molecule has 0 aliphatic rings. The number of halogens is 1. The number of hydrogen-bond donors (Lipinski definition) is 1. The SMILES string of the molecule is CC(=NCc1ccccc1)c1nc(-c2ccc(Cl)cc2)oc1O. The lowest BCUT2D eigenvalue weighted by Crippen LogP contribution is -1.97. The number of aromatic nitrogens is 1. The topological polar surface area (TPSA) is 58.6 Å². The minimum Gasteiger partial charge on any atom is -0.479 e. The monoisotopic (exact) mass is 326 g/mol. The Balaban J connectivity index is 1.84. The number of nitrogens with zero attached hydrogens (tertiary/aromatic N) is 2. The largest absolute Gasteiger partial charge is 0.479 e. The van der Waals surface area contributed by atoms with E-state index in [0.29, 0.717) is 28.9 Å². The number of benzene rings is 2. The maximum Gasteiger partial charge on any atom is 0.312 e. The van der Waals surface area contributed by atoms with Gasteiger partial charge in [-0.25, -0.2) is 4.98 Å². The maximum atomic E-state index is 9.98. The fourth-order valence-corrected chi connectivity index (χ4v) is 2.26. The molecule has 0 fully saturated rings. The van der Waals surface area contributed by atoms with Crippen LogP contribution in [0.15, 0.2) is 64.0 Å². The molecular weight excluding hydrogens is 312 g/mol. The zero-order valence-electron chi connectivity index (χ0n) is 12.5. The maximum absolute atomic E-state index is 9.98. The predicted octanol–water partition coefficient (Wildman–Crippen LogP) is 4.71. The van der Waals surface area contributed by atoms with Crippen molar-refractivity contribution in [3.63, 3.8) is 0 Å². The molecule has 3 rings (SSSR count). The van der Waals surface area contributed by atoms with Crippen molar-refractivity contribution in [1.82, 2.24) is 4.98 Å². The van der Waals surface area contributed by atoms with Crippen LogP contribution in [-0.2, 0) is 6.54 Å². The van der Waals surface area contributed by atoms with E-state index in [4.69, 9.17) is 16.0 Å². The summed E-state index contributed by atoms with van der Waals surface area (Å²) in [5, 5.41) is 10.6.